The van der Waals surface area contributed by atoms with Crippen LogP contribution >= 0.6 is 0 Å². The Morgan fingerprint density at radius 2 is 2.05 bits per heavy atom. The van der Waals surface area contributed by atoms with Crippen LogP contribution in [0.3, 0.4) is 0 Å². The highest BCUT2D eigenvalue weighted by Crippen LogP contribution is 2.26. The van der Waals surface area contributed by atoms with Gasteiger partial charge in [0.25, 0.3) is 0 Å². The average molecular weight is 288 g/mol. The number of pyridine rings is 1. The Kier molecular flexibility index (Phi) is 3.54. The molecular weight excluding hydrogens is 276 g/mol. The third-order valence-corrected chi connectivity index (χ3v) is 2.82. The Bertz CT molecular complexity index is 658. The summed E-state index contributed by atoms with van der Waals surface area (Å²) in [6.45, 7) is 1.98. The van der Waals surface area contributed by atoms with E-state index < -0.39 is 24.5 Å². The standard InChI is InChI=1S/C13H12F4N2O/c1-7(2)11(20)10-5-19(6-13(15,16)17)12-9(10)3-8(14)4-18-12/h3-5,7H,6H2,1-2H3. The lowest BCUT2D eigenvalue weighted by molar-refractivity contribution is -0.139. The minimum atomic E-state index is -4.44. The lowest BCUT2D eigenvalue weighted by atomic mass is 10.0. The van der Waals surface area contributed by atoms with Crippen molar-refractivity contribution in [3.05, 3.63) is 29.8 Å². The average Bonchev–Trinajstić information content (AvgIpc) is 2.64. The first kappa shape index (κ1) is 14.5. The van der Waals surface area contributed by atoms with Gasteiger partial charge in [-0.2, -0.15) is 13.2 Å². The molecule has 20 heavy (non-hydrogen) atoms. The zero-order valence-electron chi connectivity index (χ0n) is 10.8. The predicted molar refractivity (Wildman–Crippen MR) is 64.9 cm³/mol. The minimum absolute atomic E-state index is 0.0484. The second kappa shape index (κ2) is 4.88. The molecular formula is C13H12F4N2O. The minimum Gasteiger partial charge on any atom is -0.323 e. The van der Waals surface area contributed by atoms with Crippen LogP contribution in [0.4, 0.5) is 17.6 Å². The fourth-order valence-electron chi connectivity index (χ4n) is 1.97. The Balaban J connectivity index is 2.63. The first-order valence-electron chi connectivity index (χ1n) is 5.94. The van der Waals surface area contributed by atoms with E-state index in [1.165, 1.54) is 0 Å². The summed E-state index contributed by atoms with van der Waals surface area (Å²) in [6, 6.07) is 1.03. The summed E-state index contributed by atoms with van der Waals surface area (Å²) >= 11 is 0. The molecule has 0 saturated heterocycles. The van der Waals surface area contributed by atoms with Gasteiger partial charge in [0.2, 0.25) is 0 Å². The van der Waals surface area contributed by atoms with Gasteiger partial charge in [0.1, 0.15) is 18.0 Å². The topological polar surface area (TPSA) is 34.9 Å². The maximum atomic E-state index is 13.2. The largest absolute Gasteiger partial charge is 0.406 e. The van der Waals surface area contributed by atoms with Gasteiger partial charge in [-0.25, -0.2) is 9.37 Å². The lowest BCUT2D eigenvalue weighted by Gasteiger charge is -2.07. The smallest absolute Gasteiger partial charge is 0.323 e. The molecule has 0 fully saturated rings. The molecule has 2 aromatic rings. The van der Waals surface area contributed by atoms with Crippen LogP contribution in [0, 0.1) is 11.7 Å². The summed E-state index contributed by atoms with van der Waals surface area (Å²) in [5.41, 5.74) is 0.0129. The monoisotopic (exact) mass is 288 g/mol. The van der Waals surface area contributed by atoms with Crippen molar-refractivity contribution in [3.63, 3.8) is 0 Å². The van der Waals surface area contributed by atoms with Crippen LogP contribution < -0.4 is 0 Å². The number of Topliss-reactive ketones (excluding diaryl/α,β-unsaturated/α-hetero) is 1. The molecule has 0 unspecified atom stereocenters. The van der Waals surface area contributed by atoms with Gasteiger partial charge in [-0.05, 0) is 6.07 Å². The Labute approximate surface area is 112 Å². The number of fused-ring (bicyclic) bond motifs is 1. The molecule has 2 heterocycles. The van der Waals surface area contributed by atoms with Gasteiger partial charge < -0.3 is 4.57 Å². The Morgan fingerprint density at radius 1 is 1.40 bits per heavy atom. The molecule has 0 aliphatic heterocycles. The van der Waals surface area contributed by atoms with Crippen LogP contribution in [-0.2, 0) is 6.54 Å². The SMILES string of the molecule is CC(C)C(=O)c1cn(CC(F)(F)F)c2ncc(F)cc12. The van der Waals surface area contributed by atoms with Gasteiger partial charge in [0, 0.05) is 23.1 Å². The van der Waals surface area contributed by atoms with Crippen LogP contribution in [0.5, 0.6) is 0 Å². The summed E-state index contributed by atoms with van der Waals surface area (Å²) in [5.74, 6) is -1.44. The molecule has 0 aliphatic carbocycles. The van der Waals surface area contributed by atoms with Crippen molar-refractivity contribution in [2.75, 3.05) is 0 Å². The third kappa shape index (κ3) is 2.81. The number of hydrogen-bond acceptors (Lipinski definition) is 2. The number of nitrogens with zero attached hydrogens (tertiary/aromatic N) is 2. The van der Waals surface area contributed by atoms with Crippen LogP contribution in [0.1, 0.15) is 24.2 Å². The van der Waals surface area contributed by atoms with Gasteiger partial charge in [-0.15, -0.1) is 0 Å². The summed E-state index contributed by atoms with van der Waals surface area (Å²) in [4.78, 5) is 15.7. The van der Waals surface area contributed by atoms with Gasteiger partial charge in [0.05, 0.1) is 6.20 Å². The Hall–Kier alpha value is -1.92. The van der Waals surface area contributed by atoms with E-state index >= 15 is 0 Å². The molecule has 0 amide bonds. The van der Waals surface area contributed by atoms with Gasteiger partial charge in [0.15, 0.2) is 5.78 Å². The number of carbonyl (C=O) groups excluding carboxylic acids is 1. The molecule has 108 valence electrons. The van der Waals surface area contributed by atoms with Crippen LogP contribution in [0.2, 0.25) is 0 Å². The first-order valence-corrected chi connectivity index (χ1v) is 5.94. The molecule has 0 saturated carbocycles. The molecule has 0 aliphatic rings. The van der Waals surface area contributed by atoms with E-state index in [1.54, 1.807) is 13.8 Å². The number of rotatable bonds is 3. The highest BCUT2D eigenvalue weighted by atomic mass is 19.4. The normalized spacial score (nSPS) is 12.3. The van der Waals surface area contributed by atoms with Gasteiger partial charge in [-0.1, -0.05) is 13.8 Å². The van der Waals surface area contributed by atoms with E-state index in [2.05, 4.69) is 4.98 Å². The van der Waals surface area contributed by atoms with Crippen LogP contribution in [-0.4, -0.2) is 21.5 Å². The lowest BCUT2D eigenvalue weighted by Crippen LogP contribution is -2.17. The quantitative estimate of drug-likeness (QED) is 0.639. The highest BCUT2D eigenvalue weighted by molar-refractivity contribution is 6.08. The fraction of sp³-hybridized carbons (Fsp3) is 0.385. The number of carbonyl (C=O) groups is 1. The van der Waals surface area contributed by atoms with E-state index in [4.69, 9.17) is 0 Å². The number of hydrogen-bond donors (Lipinski definition) is 0. The van der Waals surface area contributed by atoms with Crippen LogP contribution in [0.25, 0.3) is 11.0 Å². The summed E-state index contributed by atoms with van der Waals surface area (Å²) in [5, 5.41) is 0.105. The number of alkyl halides is 3. The van der Waals surface area contributed by atoms with E-state index in [1.807, 2.05) is 0 Å². The van der Waals surface area contributed by atoms with Crippen molar-refractivity contribution >= 4 is 16.8 Å². The highest BCUT2D eigenvalue weighted by Gasteiger charge is 2.30. The second-order valence-corrected chi connectivity index (χ2v) is 4.83. The molecule has 3 nitrogen and oxygen atoms in total. The van der Waals surface area contributed by atoms with Crippen molar-refractivity contribution < 1.29 is 22.4 Å². The summed E-state index contributed by atoms with van der Waals surface area (Å²) in [6.07, 6.45) is -2.52. The zero-order chi connectivity index (χ0) is 15.1. The summed E-state index contributed by atoms with van der Waals surface area (Å²) < 4.78 is 51.6. The Morgan fingerprint density at radius 3 is 2.60 bits per heavy atom. The fourth-order valence-corrected chi connectivity index (χ4v) is 1.97. The van der Waals surface area contributed by atoms with E-state index in [0.717, 1.165) is 23.0 Å². The number of ketones is 1. The molecule has 7 heteroatoms. The second-order valence-electron chi connectivity index (χ2n) is 4.83. The molecule has 0 spiro atoms. The van der Waals surface area contributed by atoms with E-state index in [9.17, 15) is 22.4 Å². The molecule has 0 bridgehead atoms. The molecule has 0 N–H and O–H groups in total. The van der Waals surface area contributed by atoms with Gasteiger partial charge >= 0.3 is 6.18 Å². The third-order valence-electron chi connectivity index (χ3n) is 2.82. The van der Waals surface area contributed by atoms with Crippen molar-refractivity contribution in [1.82, 2.24) is 9.55 Å². The number of aromatic nitrogens is 2. The van der Waals surface area contributed by atoms with Crippen molar-refractivity contribution in [2.45, 2.75) is 26.6 Å². The predicted octanol–water partition coefficient (Wildman–Crippen LogP) is 3.58. The summed E-state index contributed by atoms with van der Waals surface area (Å²) in [7, 11) is 0. The first-order chi connectivity index (χ1) is 9.19. The molecule has 2 rings (SSSR count). The molecule has 0 radical (unpaired) electrons. The molecule has 0 atom stereocenters. The van der Waals surface area contributed by atoms with E-state index in [0.29, 0.717) is 0 Å². The van der Waals surface area contributed by atoms with Crippen LogP contribution in [0.15, 0.2) is 18.5 Å². The number of halogens is 4. The van der Waals surface area contributed by atoms with Crippen molar-refractivity contribution in [2.24, 2.45) is 5.92 Å². The molecule has 0 aromatic carbocycles. The van der Waals surface area contributed by atoms with Gasteiger partial charge in [-0.3, -0.25) is 4.79 Å². The molecule has 2 aromatic heterocycles. The van der Waals surface area contributed by atoms with Crippen molar-refractivity contribution in [3.8, 4) is 0 Å². The zero-order valence-corrected chi connectivity index (χ0v) is 10.8. The van der Waals surface area contributed by atoms with Crippen molar-refractivity contribution in [1.29, 1.82) is 0 Å². The maximum Gasteiger partial charge on any atom is 0.406 e. The maximum absolute atomic E-state index is 13.2. The van der Waals surface area contributed by atoms with E-state index in [-0.39, 0.29) is 22.4 Å².